The van der Waals surface area contributed by atoms with E-state index in [2.05, 4.69) is 19.2 Å². The molecule has 0 atom stereocenters. The van der Waals surface area contributed by atoms with E-state index in [0.29, 0.717) is 18.3 Å². The molecule has 1 aromatic carbocycles. The first-order valence-electron chi connectivity index (χ1n) is 6.09. The van der Waals surface area contributed by atoms with Gasteiger partial charge >= 0.3 is 0 Å². The highest BCUT2D eigenvalue weighted by Gasteiger charge is 2.05. The number of alkyl halides is 1. The van der Waals surface area contributed by atoms with Gasteiger partial charge in [-0.15, -0.1) is 11.6 Å². The lowest BCUT2D eigenvalue weighted by Crippen LogP contribution is -2.24. The lowest BCUT2D eigenvalue weighted by Gasteiger charge is -2.07. The first-order valence-corrected chi connectivity index (χ1v) is 6.62. The van der Waals surface area contributed by atoms with Crippen LogP contribution in [0.4, 0.5) is 0 Å². The fourth-order valence-corrected chi connectivity index (χ4v) is 1.73. The molecule has 0 radical (unpaired) electrons. The van der Waals surface area contributed by atoms with Crippen LogP contribution in [0.2, 0.25) is 0 Å². The van der Waals surface area contributed by atoms with Crippen LogP contribution in [0.1, 0.15) is 48.5 Å². The van der Waals surface area contributed by atoms with Gasteiger partial charge < -0.3 is 5.32 Å². The van der Waals surface area contributed by atoms with Gasteiger partial charge in [0, 0.05) is 18.0 Å². The second kappa shape index (κ2) is 7.33. The van der Waals surface area contributed by atoms with E-state index in [1.807, 2.05) is 24.3 Å². The van der Waals surface area contributed by atoms with E-state index in [9.17, 15) is 4.79 Å². The predicted octanol–water partition coefficient (Wildman–Crippen LogP) is 3.56. The zero-order valence-corrected chi connectivity index (χ0v) is 11.3. The van der Waals surface area contributed by atoms with Crippen molar-refractivity contribution in [3.63, 3.8) is 0 Å². The van der Waals surface area contributed by atoms with Crippen molar-refractivity contribution in [1.82, 2.24) is 5.32 Å². The molecule has 0 aliphatic heterocycles. The highest BCUT2D eigenvalue weighted by atomic mass is 35.5. The van der Waals surface area contributed by atoms with Crippen LogP contribution in [0, 0.1) is 0 Å². The zero-order chi connectivity index (χ0) is 12.7. The molecule has 0 aromatic heterocycles. The smallest absolute Gasteiger partial charge is 0.251 e. The van der Waals surface area contributed by atoms with Gasteiger partial charge in [0.25, 0.3) is 5.91 Å². The minimum atomic E-state index is -0.00474. The maximum Gasteiger partial charge on any atom is 0.251 e. The van der Waals surface area contributed by atoms with Crippen LogP contribution in [0.25, 0.3) is 0 Å². The lowest BCUT2D eigenvalue weighted by atomic mass is 10.0. The summed E-state index contributed by atoms with van der Waals surface area (Å²) in [5.41, 5.74) is 1.98. The molecular weight excluding hydrogens is 234 g/mol. The molecule has 0 bridgehead atoms. The Morgan fingerprint density at radius 3 is 2.41 bits per heavy atom. The maximum absolute atomic E-state index is 11.7. The fraction of sp³-hybridized carbons (Fsp3) is 0.500. The number of benzene rings is 1. The summed E-state index contributed by atoms with van der Waals surface area (Å²) >= 11 is 5.57. The van der Waals surface area contributed by atoms with Crippen LogP contribution in [0.15, 0.2) is 24.3 Å². The van der Waals surface area contributed by atoms with E-state index in [-0.39, 0.29) is 5.91 Å². The molecule has 94 valence electrons. The molecule has 1 rings (SSSR count). The topological polar surface area (TPSA) is 29.1 Å². The summed E-state index contributed by atoms with van der Waals surface area (Å²) in [6.45, 7) is 4.97. The van der Waals surface area contributed by atoms with Gasteiger partial charge in [0.05, 0.1) is 0 Å². The molecule has 0 saturated heterocycles. The van der Waals surface area contributed by atoms with Gasteiger partial charge in [-0.2, -0.15) is 0 Å². The number of halogens is 1. The molecule has 1 aromatic rings. The molecule has 1 N–H and O–H groups in total. The van der Waals surface area contributed by atoms with Crippen LogP contribution >= 0.6 is 11.6 Å². The Morgan fingerprint density at radius 1 is 1.24 bits per heavy atom. The highest BCUT2D eigenvalue weighted by molar-refractivity contribution is 6.17. The summed E-state index contributed by atoms with van der Waals surface area (Å²) in [5.74, 6) is 1.14. The van der Waals surface area contributed by atoms with Gasteiger partial charge in [0.1, 0.15) is 0 Å². The van der Waals surface area contributed by atoms with E-state index in [1.165, 1.54) is 5.56 Å². The van der Waals surface area contributed by atoms with Gasteiger partial charge in [0.15, 0.2) is 0 Å². The van der Waals surface area contributed by atoms with Crippen molar-refractivity contribution in [3.8, 4) is 0 Å². The molecule has 17 heavy (non-hydrogen) atoms. The summed E-state index contributed by atoms with van der Waals surface area (Å²) < 4.78 is 0. The Morgan fingerprint density at radius 2 is 1.88 bits per heavy atom. The second-order valence-electron chi connectivity index (χ2n) is 4.43. The van der Waals surface area contributed by atoms with Crippen molar-refractivity contribution in [2.75, 3.05) is 12.4 Å². The van der Waals surface area contributed by atoms with E-state index in [0.717, 1.165) is 18.4 Å². The molecular formula is C14H20ClNO. The SMILES string of the molecule is CC(C)c1ccc(C(=O)NCCCCCl)cc1. The Labute approximate surface area is 108 Å². The molecule has 0 unspecified atom stereocenters. The van der Waals surface area contributed by atoms with Gasteiger partial charge in [-0.25, -0.2) is 0 Å². The number of carbonyl (C=O) groups excluding carboxylic acids is 1. The third-order valence-corrected chi connectivity index (χ3v) is 2.95. The molecule has 0 saturated carbocycles. The van der Waals surface area contributed by atoms with Crippen molar-refractivity contribution in [3.05, 3.63) is 35.4 Å². The Kier molecular flexibility index (Phi) is 6.06. The van der Waals surface area contributed by atoms with Crippen LogP contribution < -0.4 is 5.32 Å². The minimum absolute atomic E-state index is 0.00474. The molecule has 0 aliphatic rings. The average Bonchev–Trinajstić information content (AvgIpc) is 2.34. The second-order valence-corrected chi connectivity index (χ2v) is 4.81. The number of unbranched alkanes of at least 4 members (excludes halogenated alkanes) is 1. The fourth-order valence-electron chi connectivity index (χ4n) is 1.54. The quantitative estimate of drug-likeness (QED) is 0.610. The van der Waals surface area contributed by atoms with Gasteiger partial charge in [-0.3, -0.25) is 4.79 Å². The summed E-state index contributed by atoms with van der Waals surface area (Å²) in [4.78, 5) is 11.7. The normalized spacial score (nSPS) is 10.6. The number of carbonyl (C=O) groups is 1. The summed E-state index contributed by atoms with van der Waals surface area (Å²) in [6, 6.07) is 7.79. The Hall–Kier alpha value is -1.02. The molecule has 2 nitrogen and oxygen atoms in total. The minimum Gasteiger partial charge on any atom is -0.352 e. The number of nitrogens with one attached hydrogen (secondary N) is 1. The van der Waals surface area contributed by atoms with Crippen molar-refractivity contribution in [2.24, 2.45) is 0 Å². The lowest BCUT2D eigenvalue weighted by molar-refractivity contribution is 0.0953. The number of rotatable bonds is 6. The van der Waals surface area contributed by atoms with Crippen molar-refractivity contribution in [2.45, 2.75) is 32.6 Å². The van der Waals surface area contributed by atoms with Crippen LogP contribution in [-0.2, 0) is 0 Å². The van der Waals surface area contributed by atoms with Crippen molar-refractivity contribution < 1.29 is 4.79 Å². The first-order chi connectivity index (χ1) is 8.15. The Bertz CT molecular complexity index is 346. The Balaban J connectivity index is 2.46. The molecule has 0 heterocycles. The number of hydrogen-bond acceptors (Lipinski definition) is 1. The van der Waals surface area contributed by atoms with Crippen LogP contribution in [0.5, 0.6) is 0 Å². The van der Waals surface area contributed by atoms with E-state index < -0.39 is 0 Å². The third-order valence-electron chi connectivity index (χ3n) is 2.69. The molecule has 3 heteroatoms. The van der Waals surface area contributed by atoms with E-state index in [1.54, 1.807) is 0 Å². The van der Waals surface area contributed by atoms with Gasteiger partial charge in [0.2, 0.25) is 0 Å². The third kappa shape index (κ3) is 4.78. The average molecular weight is 254 g/mol. The summed E-state index contributed by atoms with van der Waals surface area (Å²) in [5, 5.41) is 2.88. The predicted molar refractivity (Wildman–Crippen MR) is 72.8 cm³/mol. The van der Waals surface area contributed by atoms with Crippen LogP contribution in [-0.4, -0.2) is 18.3 Å². The maximum atomic E-state index is 11.7. The number of amides is 1. The summed E-state index contributed by atoms with van der Waals surface area (Å²) in [7, 11) is 0. The van der Waals surface area contributed by atoms with Crippen molar-refractivity contribution >= 4 is 17.5 Å². The van der Waals surface area contributed by atoms with E-state index in [4.69, 9.17) is 11.6 Å². The van der Waals surface area contributed by atoms with E-state index >= 15 is 0 Å². The zero-order valence-electron chi connectivity index (χ0n) is 10.5. The monoisotopic (exact) mass is 253 g/mol. The van der Waals surface area contributed by atoms with Gasteiger partial charge in [-0.05, 0) is 36.5 Å². The molecule has 0 fully saturated rings. The largest absolute Gasteiger partial charge is 0.352 e. The number of hydrogen-bond donors (Lipinski definition) is 1. The standard InChI is InChI=1S/C14H20ClNO/c1-11(2)12-5-7-13(8-6-12)14(17)16-10-4-3-9-15/h5-8,11H,3-4,9-10H2,1-2H3,(H,16,17). The van der Waals surface area contributed by atoms with Crippen molar-refractivity contribution in [1.29, 1.82) is 0 Å². The highest BCUT2D eigenvalue weighted by Crippen LogP contribution is 2.14. The molecule has 1 amide bonds. The molecule has 0 spiro atoms. The first kappa shape index (κ1) is 14.0. The molecule has 0 aliphatic carbocycles. The summed E-state index contributed by atoms with van der Waals surface area (Å²) in [6.07, 6.45) is 1.87. The van der Waals surface area contributed by atoms with Crippen LogP contribution in [0.3, 0.4) is 0 Å². The van der Waals surface area contributed by atoms with Gasteiger partial charge in [-0.1, -0.05) is 26.0 Å².